The number of fused-ring (bicyclic) bond motifs is 1. The van der Waals surface area contributed by atoms with Gasteiger partial charge in [-0.05, 0) is 19.1 Å². The number of hydrogen-bond donors (Lipinski definition) is 0. The molecule has 18 heavy (non-hydrogen) atoms. The van der Waals surface area contributed by atoms with Crippen LogP contribution in [0.25, 0.3) is 0 Å². The number of morpholine rings is 1. The van der Waals surface area contributed by atoms with E-state index >= 15 is 0 Å². The van der Waals surface area contributed by atoms with Gasteiger partial charge < -0.3 is 9.64 Å². The summed E-state index contributed by atoms with van der Waals surface area (Å²) in [5, 5.41) is 0.992. The lowest BCUT2D eigenvalue weighted by molar-refractivity contribution is -0.00905. The van der Waals surface area contributed by atoms with E-state index in [1.165, 1.54) is 25.7 Å². The highest BCUT2D eigenvalue weighted by atomic mass is 32.2. The standard InChI is InChI=1S/C13H19N3OS/c1-18-13-9-14-8-12(15-13)16-6-7-17-11-5-3-2-4-10(11)16/h8-11H,2-7H2,1H3/t10-,11+/m1/s1. The van der Waals surface area contributed by atoms with E-state index in [-0.39, 0.29) is 0 Å². The molecule has 4 nitrogen and oxygen atoms in total. The fraction of sp³-hybridized carbons (Fsp3) is 0.692. The molecule has 1 aromatic heterocycles. The summed E-state index contributed by atoms with van der Waals surface area (Å²) in [6.07, 6.45) is 11.2. The van der Waals surface area contributed by atoms with E-state index in [9.17, 15) is 0 Å². The molecule has 1 aliphatic heterocycles. The highest BCUT2D eigenvalue weighted by Crippen LogP contribution is 2.31. The zero-order valence-electron chi connectivity index (χ0n) is 10.7. The van der Waals surface area contributed by atoms with Crippen LogP contribution in [0.2, 0.25) is 0 Å². The van der Waals surface area contributed by atoms with E-state index in [4.69, 9.17) is 4.74 Å². The minimum atomic E-state index is 0.396. The predicted molar refractivity (Wildman–Crippen MR) is 73.2 cm³/mol. The fourth-order valence-corrected chi connectivity index (χ4v) is 3.31. The Labute approximate surface area is 112 Å². The molecule has 0 aromatic carbocycles. The molecule has 5 heteroatoms. The van der Waals surface area contributed by atoms with E-state index in [1.54, 1.807) is 11.8 Å². The Balaban J connectivity index is 1.84. The third kappa shape index (κ3) is 2.34. The van der Waals surface area contributed by atoms with Gasteiger partial charge in [-0.15, -0.1) is 11.8 Å². The first-order valence-corrected chi connectivity index (χ1v) is 7.85. The van der Waals surface area contributed by atoms with Crippen LogP contribution in [-0.2, 0) is 4.74 Å². The van der Waals surface area contributed by atoms with Gasteiger partial charge in [0.1, 0.15) is 10.8 Å². The first-order valence-electron chi connectivity index (χ1n) is 6.63. The van der Waals surface area contributed by atoms with Crippen molar-refractivity contribution in [3.05, 3.63) is 12.4 Å². The number of nitrogens with zero attached hydrogens (tertiary/aromatic N) is 3. The Morgan fingerprint density at radius 3 is 3.11 bits per heavy atom. The summed E-state index contributed by atoms with van der Waals surface area (Å²) >= 11 is 1.64. The molecule has 1 saturated heterocycles. The zero-order chi connectivity index (χ0) is 12.4. The molecule has 0 amide bonds. The molecule has 2 fully saturated rings. The maximum atomic E-state index is 5.90. The smallest absolute Gasteiger partial charge is 0.148 e. The molecule has 0 unspecified atom stereocenters. The Hall–Kier alpha value is -0.810. The summed E-state index contributed by atoms with van der Waals surface area (Å²) < 4.78 is 5.90. The molecule has 0 N–H and O–H groups in total. The van der Waals surface area contributed by atoms with Crippen LogP contribution in [-0.4, -0.2) is 41.5 Å². The number of thioether (sulfide) groups is 1. The second-order valence-electron chi connectivity index (χ2n) is 4.87. The molecular formula is C13H19N3OS. The van der Waals surface area contributed by atoms with Crippen molar-refractivity contribution in [3.63, 3.8) is 0 Å². The summed E-state index contributed by atoms with van der Waals surface area (Å²) in [7, 11) is 0. The van der Waals surface area contributed by atoms with Gasteiger partial charge in [-0.3, -0.25) is 4.98 Å². The highest BCUT2D eigenvalue weighted by Gasteiger charge is 2.34. The van der Waals surface area contributed by atoms with E-state index in [0.29, 0.717) is 12.1 Å². The summed E-state index contributed by atoms with van der Waals surface area (Å²) in [6, 6.07) is 0.499. The average molecular weight is 265 g/mol. The number of anilines is 1. The molecule has 2 atom stereocenters. The lowest BCUT2D eigenvalue weighted by atomic mass is 9.90. The van der Waals surface area contributed by atoms with Crippen molar-refractivity contribution in [2.75, 3.05) is 24.3 Å². The number of ether oxygens (including phenoxy) is 1. The molecule has 0 radical (unpaired) electrons. The highest BCUT2D eigenvalue weighted by molar-refractivity contribution is 7.98. The third-order valence-corrected chi connectivity index (χ3v) is 4.45. The van der Waals surface area contributed by atoms with Crippen molar-refractivity contribution < 1.29 is 4.74 Å². The minimum Gasteiger partial charge on any atom is -0.374 e. The van der Waals surface area contributed by atoms with Gasteiger partial charge in [0.2, 0.25) is 0 Å². The largest absolute Gasteiger partial charge is 0.374 e. The van der Waals surface area contributed by atoms with Crippen LogP contribution in [0.15, 0.2) is 17.4 Å². The summed E-state index contributed by atoms with van der Waals surface area (Å²) in [5.41, 5.74) is 0. The zero-order valence-corrected chi connectivity index (χ0v) is 11.5. The second kappa shape index (κ2) is 5.45. The van der Waals surface area contributed by atoms with Gasteiger partial charge in [0.15, 0.2) is 0 Å². The molecule has 1 aliphatic carbocycles. The average Bonchev–Trinajstić information content (AvgIpc) is 2.47. The van der Waals surface area contributed by atoms with Crippen molar-refractivity contribution in [1.29, 1.82) is 0 Å². The van der Waals surface area contributed by atoms with Crippen molar-refractivity contribution in [3.8, 4) is 0 Å². The Bertz CT molecular complexity index is 413. The number of rotatable bonds is 2. The molecule has 98 valence electrons. The molecule has 0 spiro atoms. The summed E-state index contributed by atoms with van der Waals surface area (Å²) in [4.78, 5) is 11.4. The first kappa shape index (κ1) is 12.2. The molecule has 2 aliphatic rings. The Morgan fingerprint density at radius 2 is 2.22 bits per heavy atom. The third-order valence-electron chi connectivity index (χ3n) is 3.84. The van der Waals surface area contributed by atoms with Gasteiger partial charge in [-0.25, -0.2) is 4.98 Å². The number of aromatic nitrogens is 2. The normalized spacial score (nSPS) is 27.9. The Kier molecular flexibility index (Phi) is 3.70. The maximum absolute atomic E-state index is 5.90. The lowest BCUT2D eigenvalue weighted by Gasteiger charge is -2.44. The molecule has 3 rings (SSSR count). The summed E-state index contributed by atoms with van der Waals surface area (Å²) in [5.74, 6) is 1.02. The molecule has 1 saturated carbocycles. The van der Waals surface area contributed by atoms with E-state index < -0.39 is 0 Å². The van der Waals surface area contributed by atoms with Crippen LogP contribution < -0.4 is 4.90 Å². The van der Waals surface area contributed by atoms with Gasteiger partial charge in [0, 0.05) is 6.54 Å². The topological polar surface area (TPSA) is 38.2 Å². The van der Waals surface area contributed by atoms with Gasteiger partial charge in [0.25, 0.3) is 0 Å². The van der Waals surface area contributed by atoms with Crippen LogP contribution in [0.3, 0.4) is 0 Å². The SMILES string of the molecule is CSc1cncc(N2CCO[C@H]3CCCC[C@H]32)n1. The van der Waals surface area contributed by atoms with Crippen molar-refractivity contribution >= 4 is 17.6 Å². The van der Waals surface area contributed by atoms with Crippen molar-refractivity contribution in [2.24, 2.45) is 0 Å². The first-order chi connectivity index (χ1) is 8.88. The maximum Gasteiger partial charge on any atom is 0.148 e. The van der Waals surface area contributed by atoms with Crippen LogP contribution >= 0.6 is 11.8 Å². The fourth-order valence-electron chi connectivity index (χ4n) is 2.96. The van der Waals surface area contributed by atoms with Gasteiger partial charge in [-0.2, -0.15) is 0 Å². The quantitative estimate of drug-likeness (QED) is 0.767. The van der Waals surface area contributed by atoms with Gasteiger partial charge >= 0.3 is 0 Å². The Morgan fingerprint density at radius 1 is 1.33 bits per heavy atom. The summed E-state index contributed by atoms with van der Waals surface area (Å²) in [6.45, 7) is 1.75. The van der Waals surface area contributed by atoms with Crippen LogP contribution in [0.1, 0.15) is 25.7 Å². The molecule has 1 aromatic rings. The van der Waals surface area contributed by atoms with Crippen LogP contribution in [0, 0.1) is 0 Å². The van der Waals surface area contributed by atoms with Gasteiger partial charge in [-0.1, -0.05) is 12.8 Å². The molecular weight excluding hydrogens is 246 g/mol. The lowest BCUT2D eigenvalue weighted by Crippen LogP contribution is -2.53. The van der Waals surface area contributed by atoms with Gasteiger partial charge in [0.05, 0.1) is 31.1 Å². The predicted octanol–water partition coefficient (Wildman–Crippen LogP) is 2.35. The molecule has 0 bridgehead atoms. The van der Waals surface area contributed by atoms with E-state index in [2.05, 4.69) is 14.9 Å². The van der Waals surface area contributed by atoms with E-state index in [1.807, 2.05) is 18.6 Å². The second-order valence-corrected chi connectivity index (χ2v) is 5.70. The van der Waals surface area contributed by atoms with Crippen molar-refractivity contribution in [2.45, 2.75) is 42.9 Å². The van der Waals surface area contributed by atoms with Crippen LogP contribution in [0.4, 0.5) is 5.82 Å². The van der Waals surface area contributed by atoms with Crippen molar-refractivity contribution in [1.82, 2.24) is 9.97 Å². The molecule has 2 heterocycles. The monoisotopic (exact) mass is 265 g/mol. The van der Waals surface area contributed by atoms with E-state index in [0.717, 1.165) is 24.0 Å². The number of hydrogen-bond acceptors (Lipinski definition) is 5. The minimum absolute atomic E-state index is 0.396. The van der Waals surface area contributed by atoms with Crippen LogP contribution in [0.5, 0.6) is 0 Å².